The standard InChI is InChI=1S/C17H17ClN2O2/c1-11-4-2-3-5-14(11)17-20-15-7-6-12(8-16(15)22-17)19-10-13(21)9-18/h2-8,13,19,21H,9-10H2,1H3. The molecule has 1 atom stereocenters. The number of nitrogens with zero attached hydrogens (tertiary/aromatic N) is 1. The minimum atomic E-state index is -0.574. The number of rotatable bonds is 5. The molecule has 0 spiro atoms. The van der Waals surface area contributed by atoms with Gasteiger partial charge in [0.25, 0.3) is 0 Å². The first-order valence-electron chi connectivity index (χ1n) is 7.12. The van der Waals surface area contributed by atoms with E-state index in [2.05, 4.69) is 10.3 Å². The molecule has 4 nitrogen and oxygen atoms in total. The van der Waals surface area contributed by atoms with Gasteiger partial charge in [-0.1, -0.05) is 18.2 Å². The fourth-order valence-corrected chi connectivity index (χ4v) is 2.36. The second-order valence-corrected chi connectivity index (χ2v) is 5.51. The number of halogens is 1. The van der Waals surface area contributed by atoms with Crippen LogP contribution in [0.25, 0.3) is 22.6 Å². The molecule has 1 aromatic heterocycles. The predicted molar refractivity (Wildman–Crippen MR) is 89.4 cm³/mol. The normalized spacial score (nSPS) is 12.5. The second-order valence-electron chi connectivity index (χ2n) is 5.21. The number of hydrogen-bond acceptors (Lipinski definition) is 4. The van der Waals surface area contributed by atoms with E-state index in [1.807, 2.05) is 49.4 Å². The minimum Gasteiger partial charge on any atom is -0.436 e. The molecule has 0 radical (unpaired) electrons. The highest BCUT2D eigenvalue weighted by molar-refractivity contribution is 6.18. The van der Waals surface area contributed by atoms with Crippen LogP contribution in [0.5, 0.6) is 0 Å². The highest BCUT2D eigenvalue weighted by Crippen LogP contribution is 2.28. The smallest absolute Gasteiger partial charge is 0.227 e. The molecule has 3 aromatic rings. The summed E-state index contributed by atoms with van der Waals surface area (Å²) in [4.78, 5) is 4.53. The molecule has 0 saturated heterocycles. The number of benzene rings is 2. The Hall–Kier alpha value is -2.04. The lowest BCUT2D eigenvalue weighted by molar-refractivity contribution is 0.211. The van der Waals surface area contributed by atoms with E-state index in [9.17, 15) is 5.11 Å². The average Bonchev–Trinajstić information content (AvgIpc) is 2.95. The van der Waals surface area contributed by atoms with Crippen LogP contribution in [0.15, 0.2) is 46.9 Å². The first kappa shape index (κ1) is 14.9. The molecular weight excluding hydrogens is 300 g/mol. The molecule has 2 N–H and O–H groups in total. The van der Waals surface area contributed by atoms with Gasteiger partial charge in [-0.3, -0.25) is 0 Å². The van der Waals surface area contributed by atoms with Gasteiger partial charge in [0.2, 0.25) is 5.89 Å². The Morgan fingerprint density at radius 2 is 2.09 bits per heavy atom. The Balaban J connectivity index is 1.89. The summed E-state index contributed by atoms with van der Waals surface area (Å²) in [7, 11) is 0. The third-order valence-electron chi connectivity index (χ3n) is 3.48. The summed E-state index contributed by atoms with van der Waals surface area (Å²) < 4.78 is 5.87. The van der Waals surface area contributed by atoms with E-state index < -0.39 is 6.10 Å². The molecule has 114 valence electrons. The lowest BCUT2D eigenvalue weighted by Gasteiger charge is -2.09. The summed E-state index contributed by atoms with van der Waals surface area (Å²) in [6.07, 6.45) is -0.574. The zero-order chi connectivity index (χ0) is 15.5. The Morgan fingerprint density at radius 1 is 1.27 bits per heavy atom. The fourth-order valence-electron chi connectivity index (χ4n) is 2.25. The molecule has 3 rings (SSSR count). The van der Waals surface area contributed by atoms with Crippen LogP contribution in [0.2, 0.25) is 0 Å². The van der Waals surface area contributed by atoms with Crippen LogP contribution in [-0.4, -0.2) is 28.6 Å². The summed E-state index contributed by atoms with van der Waals surface area (Å²) in [5.74, 6) is 0.820. The van der Waals surface area contributed by atoms with Gasteiger partial charge in [0.15, 0.2) is 5.58 Å². The number of oxazole rings is 1. The van der Waals surface area contributed by atoms with Crippen LogP contribution in [0.3, 0.4) is 0 Å². The molecule has 22 heavy (non-hydrogen) atoms. The fraction of sp³-hybridized carbons (Fsp3) is 0.235. The van der Waals surface area contributed by atoms with Gasteiger partial charge in [-0.2, -0.15) is 0 Å². The van der Waals surface area contributed by atoms with E-state index in [0.717, 1.165) is 22.3 Å². The number of aliphatic hydroxyl groups excluding tert-OH is 1. The zero-order valence-electron chi connectivity index (χ0n) is 12.2. The number of aryl methyl sites for hydroxylation is 1. The predicted octanol–water partition coefficient (Wildman–Crippen LogP) is 3.81. The molecule has 2 aromatic carbocycles. The van der Waals surface area contributed by atoms with Crippen molar-refractivity contribution in [3.8, 4) is 11.5 Å². The van der Waals surface area contributed by atoms with E-state index in [0.29, 0.717) is 18.0 Å². The van der Waals surface area contributed by atoms with Gasteiger partial charge < -0.3 is 14.8 Å². The number of nitrogens with one attached hydrogen (secondary N) is 1. The first-order valence-corrected chi connectivity index (χ1v) is 7.65. The summed E-state index contributed by atoms with van der Waals surface area (Å²) in [6.45, 7) is 2.43. The topological polar surface area (TPSA) is 58.3 Å². The molecule has 1 unspecified atom stereocenters. The van der Waals surface area contributed by atoms with Crippen molar-refractivity contribution in [2.24, 2.45) is 0 Å². The molecule has 0 aliphatic rings. The maximum Gasteiger partial charge on any atom is 0.227 e. The van der Waals surface area contributed by atoms with Gasteiger partial charge in [0.1, 0.15) is 5.52 Å². The molecule has 1 heterocycles. The van der Waals surface area contributed by atoms with Crippen molar-refractivity contribution in [2.75, 3.05) is 17.7 Å². The van der Waals surface area contributed by atoms with Crippen LogP contribution in [0, 0.1) is 6.92 Å². The van der Waals surface area contributed by atoms with Crippen molar-refractivity contribution in [3.63, 3.8) is 0 Å². The highest BCUT2D eigenvalue weighted by atomic mass is 35.5. The third-order valence-corrected chi connectivity index (χ3v) is 3.84. The first-order chi connectivity index (χ1) is 10.7. The number of hydrogen-bond donors (Lipinski definition) is 2. The maximum absolute atomic E-state index is 9.49. The van der Waals surface area contributed by atoms with Crippen molar-refractivity contribution in [3.05, 3.63) is 48.0 Å². The van der Waals surface area contributed by atoms with Crippen molar-refractivity contribution < 1.29 is 9.52 Å². The Morgan fingerprint density at radius 3 is 2.86 bits per heavy atom. The molecule has 0 aliphatic carbocycles. The van der Waals surface area contributed by atoms with Crippen LogP contribution in [0.4, 0.5) is 5.69 Å². The average molecular weight is 317 g/mol. The quantitative estimate of drug-likeness (QED) is 0.703. The van der Waals surface area contributed by atoms with E-state index in [4.69, 9.17) is 16.0 Å². The van der Waals surface area contributed by atoms with Gasteiger partial charge in [-0.15, -0.1) is 11.6 Å². The maximum atomic E-state index is 9.49. The van der Waals surface area contributed by atoms with Gasteiger partial charge >= 0.3 is 0 Å². The van der Waals surface area contributed by atoms with Crippen LogP contribution >= 0.6 is 11.6 Å². The Kier molecular flexibility index (Phi) is 4.32. The summed E-state index contributed by atoms with van der Waals surface area (Å²) in [6, 6.07) is 13.7. The zero-order valence-corrected chi connectivity index (χ0v) is 13.0. The summed E-state index contributed by atoms with van der Waals surface area (Å²) in [5, 5.41) is 12.6. The minimum absolute atomic E-state index is 0.203. The lowest BCUT2D eigenvalue weighted by Crippen LogP contribution is -2.20. The number of aliphatic hydroxyl groups is 1. The van der Waals surface area contributed by atoms with Gasteiger partial charge in [0.05, 0.1) is 12.0 Å². The third kappa shape index (κ3) is 3.08. The SMILES string of the molecule is Cc1ccccc1-c1nc2ccc(NCC(O)CCl)cc2o1. The largest absolute Gasteiger partial charge is 0.436 e. The number of anilines is 1. The second kappa shape index (κ2) is 6.38. The van der Waals surface area contributed by atoms with E-state index in [-0.39, 0.29) is 5.88 Å². The molecule has 5 heteroatoms. The summed E-state index contributed by atoms with van der Waals surface area (Å²) >= 11 is 5.58. The van der Waals surface area contributed by atoms with E-state index in [1.165, 1.54) is 0 Å². The molecule has 0 fully saturated rings. The van der Waals surface area contributed by atoms with Crippen molar-refractivity contribution >= 4 is 28.4 Å². The van der Waals surface area contributed by atoms with Crippen LogP contribution < -0.4 is 5.32 Å². The lowest BCUT2D eigenvalue weighted by atomic mass is 10.1. The van der Waals surface area contributed by atoms with E-state index in [1.54, 1.807) is 0 Å². The Bertz CT molecular complexity index is 785. The van der Waals surface area contributed by atoms with Gasteiger partial charge in [0, 0.05) is 23.9 Å². The van der Waals surface area contributed by atoms with Gasteiger partial charge in [-0.05, 0) is 30.7 Å². The Labute approximate surface area is 133 Å². The molecule has 0 amide bonds. The van der Waals surface area contributed by atoms with Crippen molar-refractivity contribution in [1.82, 2.24) is 4.98 Å². The monoisotopic (exact) mass is 316 g/mol. The number of alkyl halides is 1. The molecule has 0 aliphatic heterocycles. The van der Waals surface area contributed by atoms with Crippen LogP contribution in [0.1, 0.15) is 5.56 Å². The molecule has 0 bridgehead atoms. The summed E-state index contributed by atoms with van der Waals surface area (Å²) in [5.41, 5.74) is 4.50. The van der Waals surface area contributed by atoms with Crippen molar-refractivity contribution in [2.45, 2.75) is 13.0 Å². The highest BCUT2D eigenvalue weighted by Gasteiger charge is 2.11. The van der Waals surface area contributed by atoms with Gasteiger partial charge in [-0.25, -0.2) is 4.98 Å². The molecular formula is C17H17ClN2O2. The number of fused-ring (bicyclic) bond motifs is 1. The van der Waals surface area contributed by atoms with Crippen molar-refractivity contribution in [1.29, 1.82) is 0 Å². The van der Waals surface area contributed by atoms with E-state index >= 15 is 0 Å². The molecule has 0 saturated carbocycles. The van der Waals surface area contributed by atoms with Crippen LogP contribution in [-0.2, 0) is 0 Å². The number of aromatic nitrogens is 1.